The van der Waals surface area contributed by atoms with Crippen LogP contribution in [0.3, 0.4) is 0 Å². The van der Waals surface area contributed by atoms with E-state index in [2.05, 4.69) is 19.2 Å². The van der Waals surface area contributed by atoms with Crippen molar-refractivity contribution >= 4 is 23.7 Å². The van der Waals surface area contributed by atoms with Gasteiger partial charge < -0.3 is 19.5 Å². The Labute approximate surface area is 206 Å². The molecule has 1 N–H and O–H groups in total. The third-order valence-electron chi connectivity index (χ3n) is 5.68. The lowest BCUT2D eigenvalue weighted by molar-refractivity contribution is -0.145. The van der Waals surface area contributed by atoms with Crippen LogP contribution in [0.25, 0.3) is 0 Å². The third-order valence-corrected chi connectivity index (χ3v) is 5.68. The molecule has 0 aromatic heterocycles. The van der Waals surface area contributed by atoms with Crippen LogP contribution >= 0.6 is 0 Å². The molecule has 1 aliphatic heterocycles. The van der Waals surface area contributed by atoms with E-state index in [-0.39, 0.29) is 30.5 Å². The highest BCUT2D eigenvalue weighted by Gasteiger charge is 2.31. The minimum absolute atomic E-state index is 0.195. The quantitative estimate of drug-likeness (QED) is 0.582. The van der Waals surface area contributed by atoms with E-state index >= 15 is 0 Å². The number of carbonyl (C=O) groups is 2. The van der Waals surface area contributed by atoms with Gasteiger partial charge in [0.15, 0.2) is 6.04 Å². The number of ether oxygens (including phenoxy) is 3. The van der Waals surface area contributed by atoms with Crippen LogP contribution in [0.2, 0.25) is 0 Å². The lowest BCUT2D eigenvalue weighted by Gasteiger charge is -2.27. The molecule has 0 saturated carbocycles. The Morgan fingerprint density at radius 2 is 1.69 bits per heavy atom. The molecule has 186 valence electrons. The molecule has 0 saturated heterocycles. The molecule has 8 heteroatoms. The average molecular weight is 480 g/mol. The van der Waals surface area contributed by atoms with Crippen molar-refractivity contribution in [3.05, 3.63) is 71.3 Å². The van der Waals surface area contributed by atoms with Crippen molar-refractivity contribution in [3.8, 4) is 0 Å². The molecular weight excluding hydrogens is 446 g/mol. The molecule has 3 atom stereocenters. The molecule has 0 aliphatic carbocycles. The van der Waals surface area contributed by atoms with E-state index in [1.165, 1.54) is 0 Å². The molecule has 0 radical (unpaired) electrons. The Kier molecular flexibility index (Phi) is 9.00. The molecule has 0 spiro atoms. The molecule has 2 aromatic rings. The van der Waals surface area contributed by atoms with Crippen LogP contribution < -0.4 is 5.32 Å². The molecule has 2 aromatic carbocycles. The third kappa shape index (κ3) is 6.47. The standard InChI is InChI=1S/C27H33N3O5/c1-6-35-27(32)23(29-24(31)19-12-8-7-9-13-19)20-14-10-11-18(15-20)16-21-25(33-4)30-22(17(2)3)26(28-21)34-5/h7-15,17,21-23H,6,16H2,1-5H3,(H,29,31)/t21-,22+,23?/m0/s1. The summed E-state index contributed by atoms with van der Waals surface area (Å²) in [6, 6.07) is 14.7. The summed E-state index contributed by atoms with van der Waals surface area (Å²) in [7, 11) is 3.18. The normalized spacial score (nSPS) is 18.2. The van der Waals surface area contributed by atoms with Gasteiger partial charge in [-0.15, -0.1) is 0 Å². The van der Waals surface area contributed by atoms with E-state index in [4.69, 9.17) is 24.2 Å². The van der Waals surface area contributed by atoms with Crippen LogP contribution in [-0.2, 0) is 25.4 Å². The summed E-state index contributed by atoms with van der Waals surface area (Å²) in [4.78, 5) is 35.0. The SMILES string of the molecule is CCOC(=O)C(NC(=O)c1ccccc1)c1cccc(C[C@@H]2N=C(OC)[C@@H](C(C)C)N=C2OC)c1. The number of methoxy groups -OCH3 is 2. The van der Waals surface area contributed by atoms with Gasteiger partial charge in [-0.25, -0.2) is 14.8 Å². The van der Waals surface area contributed by atoms with Crippen LogP contribution in [0.5, 0.6) is 0 Å². The topological polar surface area (TPSA) is 98.6 Å². The van der Waals surface area contributed by atoms with Crippen molar-refractivity contribution in [2.45, 2.75) is 45.3 Å². The molecule has 3 rings (SSSR count). The lowest BCUT2D eigenvalue weighted by Crippen LogP contribution is -2.38. The summed E-state index contributed by atoms with van der Waals surface area (Å²) in [5.41, 5.74) is 1.98. The fourth-order valence-corrected chi connectivity index (χ4v) is 3.92. The van der Waals surface area contributed by atoms with Gasteiger partial charge >= 0.3 is 5.97 Å². The van der Waals surface area contributed by atoms with Crippen LogP contribution in [-0.4, -0.2) is 56.6 Å². The molecule has 0 bridgehead atoms. The van der Waals surface area contributed by atoms with Gasteiger partial charge in [0.2, 0.25) is 11.8 Å². The summed E-state index contributed by atoms with van der Waals surface area (Å²) >= 11 is 0. The predicted octanol–water partition coefficient (Wildman–Crippen LogP) is 3.76. The molecule has 0 fully saturated rings. The monoisotopic (exact) mass is 479 g/mol. The Hall–Kier alpha value is -3.68. The van der Waals surface area contributed by atoms with Crippen LogP contribution in [0.15, 0.2) is 64.6 Å². The largest absolute Gasteiger partial charge is 0.483 e. The van der Waals surface area contributed by atoms with E-state index in [1.807, 2.05) is 24.3 Å². The number of rotatable bonds is 8. The summed E-state index contributed by atoms with van der Waals surface area (Å²) in [5, 5.41) is 2.81. The van der Waals surface area contributed by atoms with Gasteiger partial charge in [-0.2, -0.15) is 0 Å². The van der Waals surface area contributed by atoms with E-state index in [1.54, 1.807) is 51.5 Å². The molecular formula is C27H33N3O5. The minimum atomic E-state index is -0.951. The first-order chi connectivity index (χ1) is 16.9. The van der Waals surface area contributed by atoms with Crippen molar-refractivity contribution in [2.24, 2.45) is 15.9 Å². The zero-order valence-corrected chi connectivity index (χ0v) is 20.9. The van der Waals surface area contributed by atoms with Gasteiger partial charge in [0.25, 0.3) is 5.91 Å². The first-order valence-corrected chi connectivity index (χ1v) is 11.7. The highest BCUT2D eigenvalue weighted by Crippen LogP contribution is 2.22. The maximum absolute atomic E-state index is 12.8. The number of carbonyl (C=O) groups excluding carboxylic acids is 2. The van der Waals surface area contributed by atoms with E-state index < -0.39 is 12.0 Å². The second kappa shape index (κ2) is 12.1. The van der Waals surface area contributed by atoms with Gasteiger partial charge in [-0.05, 0) is 36.1 Å². The first kappa shape index (κ1) is 25.9. The Balaban J connectivity index is 1.87. The number of hydrogen-bond acceptors (Lipinski definition) is 7. The second-order valence-electron chi connectivity index (χ2n) is 8.52. The molecule has 35 heavy (non-hydrogen) atoms. The Morgan fingerprint density at radius 1 is 0.971 bits per heavy atom. The minimum Gasteiger partial charge on any atom is -0.483 e. The number of nitrogens with one attached hydrogen (secondary N) is 1. The molecule has 1 amide bonds. The number of hydrogen-bond donors (Lipinski definition) is 1. The number of nitrogens with zero attached hydrogens (tertiary/aromatic N) is 2. The summed E-state index contributed by atoms with van der Waals surface area (Å²) in [5.74, 6) is 0.437. The molecule has 1 heterocycles. The number of benzene rings is 2. The van der Waals surface area contributed by atoms with Crippen LogP contribution in [0, 0.1) is 5.92 Å². The fraction of sp³-hybridized carbons (Fsp3) is 0.407. The molecule has 8 nitrogen and oxygen atoms in total. The number of esters is 1. The van der Waals surface area contributed by atoms with Crippen molar-refractivity contribution in [1.29, 1.82) is 0 Å². The predicted molar refractivity (Wildman–Crippen MR) is 135 cm³/mol. The average Bonchev–Trinajstić information content (AvgIpc) is 2.87. The second-order valence-corrected chi connectivity index (χ2v) is 8.52. The smallest absolute Gasteiger partial charge is 0.333 e. The Morgan fingerprint density at radius 3 is 2.31 bits per heavy atom. The van der Waals surface area contributed by atoms with Crippen LogP contribution in [0.4, 0.5) is 0 Å². The number of aliphatic imine (C=N–C) groups is 2. The highest BCUT2D eigenvalue weighted by molar-refractivity contribution is 5.97. The highest BCUT2D eigenvalue weighted by atomic mass is 16.5. The molecule has 1 unspecified atom stereocenters. The van der Waals surface area contributed by atoms with Crippen LogP contribution in [0.1, 0.15) is 48.3 Å². The Bertz CT molecular complexity index is 1080. The zero-order valence-electron chi connectivity index (χ0n) is 20.9. The lowest BCUT2D eigenvalue weighted by atomic mass is 9.97. The number of amides is 1. The van der Waals surface area contributed by atoms with E-state index in [0.29, 0.717) is 29.3 Å². The van der Waals surface area contributed by atoms with E-state index in [0.717, 1.165) is 5.56 Å². The summed E-state index contributed by atoms with van der Waals surface area (Å²) < 4.78 is 16.3. The van der Waals surface area contributed by atoms with Gasteiger partial charge in [0.1, 0.15) is 12.1 Å². The molecule has 1 aliphatic rings. The summed E-state index contributed by atoms with van der Waals surface area (Å²) in [6.07, 6.45) is 0.486. The van der Waals surface area contributed by atoms with Crippen molar-refractivity contribution < 1.29 is 23.8 Å². The van der Waals surface area contributed by atoms with Gasteiger partial charge in [-0.1, -0.05) is 56.3 Å². The van der Waals surface area contributed by atoms with Crippen molar-refractivity contribution in [2.75, 3.05) is 20.8 Å². The van der Waals surface area contributed by atoms with Gasteiger partial charge in [-0.3, -0.25) is 4.79 Å². The van der Waals surface area contributed by atoms with Crippen molar-refractivity contribution in [3.63, 3.8) is 0 Å². The fourth-order valence-electron chi connectivity index (χ4n) is 3.92. The zero-order chi connectivity index (χ0) is 25.4. The summed E-state index contributed by atoms with van der Waals surface area (Å²) in [6.45, 7) is 6.05. The van der Waals surface area contributed by atoms with Crippen molar-refractivity contribution in [1.82, 2.24) is 5.32 Å². The first-order valence-electron chi connectivity index (χ1n) is 11.7. The van der Waals surface area contributed by atoms with Gasteiger partial charge in [0.05, 0.1) is 20.8 Å². The maximum Gasteiger partial charge on any atom is 0.333 e. The maximum atomic E-state index is 12.8. The van der Waals surface area contributed by atoms with E-state index in [9.17, 15) is 9.59 Å². The van der Waals surface area contributed by atoms with Gasteiger partial charge in [0, 0.05) is 12.0 Å².